The normalized spacial score (nSPS) is 11.0. The number of hydrogen-bond acceptors (Lipinski definition) is 5. The summed E-state index contributed by atoms with van der Waals surface area (Å²) < 4.78 is 2.87. The highest BCUT2D eigenvalue weighted by molar-refractivity contribution is 9.11. The number of nitrogens with zero attached hydrogens (tertiary/aromatic N) is 4. The molecule has 1 aromatic heterocycles. The number of hydrazone groups is 1. The molecule has 0 radical (unpaired) electrons. The smallest absolute Gasteiger partial charge is 0.311 e. The van der Waals surface area contributed by atoms with Crippen molar-refractivity contribution in [3.8, 4) is 22.8 Å². The maximum atomic E-state index is 12.6. The average Bonchev–Trinajstić information content (AvgIpc) is 3.24. The van der Waals surface area contributed by atoms with E-state index >= 15 is 0 Å². The minimum absolute atomic E-state index is 0.0130. The van der Waals surface area contributed by atoms with Crippen molar-refractivity contribution in [2.24, 2.45) is 5.10 Å². The lowest BCUT2D eigenvalue weighted by atomic mass is 10.2. The number of amides is 1. The number of phenols is 1. The molecule has 0 aliphatic rings. The fraction of sp³-hybridized carbons (Fsp3) is 0. The van der Waals surface area contributed by atoms with Crippen LogP contribution < -0.4 is 5.43 Å². The van der Waals surface area contributed by atoms with Gasteiger partial charge in [-0.05, 0) is 40.2 Å². The highest BCUT2D eigenvalue weighted by atomic mass is 79.9. The van der Waals surface area contributed by atoms with Crippen LogP contribution in [0.15, 0.2) is 86.8 Å². The Morgan fingerprint density at radius 1 is 1.03 bits per heavy atom. The Labute approximate surface area is 194 Å². The van der Waals surface area contributed by atoms with Crippen LogP contribution in [0.1, 0.15) is 16.2 Å². The Morgan fingerprint density at radius 2 is 1.71 bits per heavy atom. The molecule has 0 saturated heterocycles. The molecule has 0 unspecified atom stereocenters. The molecule has 0 aliphatic heterocycles. The third-order valence-corrected chi connectivity index (χ3v) is 5.33. The van der Waals surface area contributed by atoms with Gasteiger partial charge in [0.05, 0.1) is 16.4 Å². The topological polar surface area (TPSA) is 92.4 Å². The van der Waals surface area contributed by atoms with E-state index in [4.69, 9.17) is 0 Å². The number of phenolic OH excluding ortho intramolecular Hbond substituents is 1. The van der Waals surface area contributed by atoms with Crippen LogP contribution in [0.3, 0.4) is 0 Å². The molecule has 0 saturated carbocycles. The zero-order valence-electron chi connectivity index (χ0n) is 15.9. The zero-order valence-corrected chi connectivity index (χ0v) is 19.1. The number of carbonyl (C=O) groups excluding carboxylic acids is 1. The molecular formula is C22H15Br2N5O2. The second kappa shape index (κ2) is 9.23. The molecule has 0 aliphatic carbocycles. The SMILES string of the molecule is O=C(N/N=C/c1cc(Br)cc(Br)c1O)c1nc(-c2ccccc2)n(-c2ccccc2)n1. The quantitative estimate of drug-likeness (QED) is 0.277. The van der Waals surface area contributed by atoms with Gasteiger partial charge in [0, 0.05) is 15.6 Å². The van der Waals surface area contributed by atoms with Gasteiger partial charge in [-0.25, -0.2) is 15.1 Å². The highest BCUT2D eigenvalue weighted by Crippen LogP contribution is 2.30. The minimum atomic E-state index is -0.573. The van der Waals surface area contributed by atoms with Gasteiger partial charge < -0.3 is 5.11 Å². The van der Waals surface area contributed by atoms with Gasteiger partial charge in [-0.2, -0.15) is 5.10 Å². The van der Waals surface area contributed by atoms with Crippen LogP contribution in [0.2, 0.25) is 0 Å². The fourth-order valence-corrected chi connectivity index (χ4v) is 4.08. The Morgan fingerprint density at radius 3 is 2.42 bits per heavy atom. The number of halogens is 2. The molecule has 1 amide bonds. The molecule has 0 spiro atoms. The fourth-order valence-electron chi connectivity index (χ4n) is 2.83. The third-order valence-electron chi connectivity index (χ3n) is 4.27. The van der Waals surface area contributed by atoms with Gasteiger partial charge in [0.1, 0.15) is 5.75 Å². The lowest BCUT2D eigenvalue weighted by molar-refractivity contribution is 0.0945. The molecule has 3 aromatic carbocycles. The Hall–Kier alpha value is -3.30. The number of para-hydroxylation sites is 1. The van der Waals surface area contributed by atoms with Crippen molar-refractivity contribution in [3.05, 3.63) is 93.1 Å². The summed E-state index contributed by atoms with van der Waals surface area (Å²) in [6.45, 7) is 0. The summed E-state index contributed by atoms with van der Waals surface area (Å²) >= 11 is 6.60. The predicted molar refractivity (Wildman–Crippen MR) is 125 cm³/mol. The standard InChI is InChI=1S/C22H15Br2N5O2/c23-16-11-15(19(30)18(24)12-16)13-25-27-22(31)20-26-21(14-7-3-1-4-8-14)29(28-20)17-9-5-2-6-10-17/h1-13,30H,(H,27,31)/b25-13+. The first-order valence-corrected chi connectivity index (χ1v) is 10.7. The summed E-state index contributed by atoms with van der Waals surface area (Å²) in [5, 5.41) is 18.4. The predicted octanol–water partition coefficient (Wildman–Crippen LogP) is 4.93. The van der Waals surface area contributed by atoms with Gasteiger partial charge in [0.15, 0.2) is 5.82 Å². The lowest BCUT2D eigenvalue weighted by Crippen LogP contribution is -2.19. The van der Waals surface area contributed by atoms with Gasteiger partial charge in [0.2, 0.25) is 5.82 Å². The van der Waals surface area contributed by atoms with Crippen molar-refractivity contribution in [1.82, 2.24) is 20.2 Å². The number of benzene rings is 3. The summed E-state index contributed by atoms with van der Waals surface area (Å²) in [6, 6.07) is 22.3. The van der Waals surface area contributed by atoms with Gasteiger partial charge in [-0.3, -0.25) is 4.79 Å². The van der Waals surface area contributed by atoms with E-state index in [0.717, 1.165) is 15.7 Å². The molecular weight excluding hydrogens is 526 g/mol. The second-order valence-corrected chi connectivity index (χ2v) is 8.17. The largest absolute Gasteiger partial charge is 0.506 e. The molecule has 0 fully saturated rings. The van der Waals surface area contributed by atoms with E-state index < -0.39 is 5.91 Å². The molecule has 9 heteroatoms. The molecule has 0 atom stereocenters. The molecule has 2 N–H and O–H groups in total. The first-order valence-electron chi connectivity index (χ1n) is 9.12. The summed E-state index contributed by atoms with van der Waals surface area (Å²) in [5.74, 6) is -0.0512. The van der Waals surface area contributed by atoms with Crippen LogP contribution in [0, 0.1) is 0 Å². The Bertz CT molecular complexity index is 1200. The van der Waals surface area contributed by atoms with Crippen LogP contribution in [0.4, 0.5) is 0 Å². The van der Waals surface area contributed by atoms with Crippen molar-refractivity contribution in [2.75, 3.05) is 0 Å². The number of hydrogen-bond donors (Lipinski definition) is 2. The maximum Gasteiger partial charge on any atom is 0.311 e. The first-order chi connectivity index (χ1) is 15.0. The lowest BCUT2D eigenvalue weighted by Gasteiger charge is -2.05. The summed E-state index contributed by atoms with van der Waals surface area (Å²) in [6.07, 6.45) is 1.34. The summed E-state index contributed by atoms with van der Waals surface area (Å²) in [5.41, 5.74) is 4.44. The zero-order chi connectivity index (χ0) is 21.8. The van der Waals surface area contributed by atoms with Gasteiger partial charge >= 0.3 is 5.91 Å². The highest BCUT2D eigenvalue weighted by Gasteiger charge is 2.18. The number of aromatic hydroxyl groups is 1. The molecule has 4 aromatic rings. The van der Waals surface area contributed by atoms with Gasteiger partial charge in [-0.15, -0.1) is 5.10 Å². The van der Waals surface area contributed by atoms with Crippen molar-refractivity contribution < 1.29 is 9.90 Å². The molecule has 7 nitrogen and oxygen atoms in total. The van der Waals surface area contributed by atoms with Crippen LogP contribution in [-0.4, -0.2) is 32.0 Å². The molecule has 31 heavy (non-hydrogen) atoms. The molecule has 0 bridgehead atoms. The van der Waals surface area contributed by atoms with Gasteiger partial charge in [0.25, 0.3) is 0 Å². The Balaban J connectivity index is 1.63. The van der Waals surface area contributed by atoms with E-state index in [1.54, 1.807) is 16.8 Å². The average molecular weight is 541 g/mol. The molecule has 154 valence electrons. The number of carbonyl (C=O) groups is 1. The number of rotatable bonds is 5. The van der Waals surface area contributed by atoms with Crippen molar-refractivity contribution in [2.45, 2.75) is 0 Å². The first kappa shape index (κ1) is 21.0. The third kappa shape index (κ3) is 4.73. The summed E-state index contributed by atoms with van der Waals surface area (Å²) in [4.78, 5) is 17.1. The number of aromatic nitrogens is 3. The van der Waals surface area contributed by atoms with E-state index in [9.17, 15) is 9.90 Å². The van der Waals surface area contributed by atoms with Crippen LogP contribution >= 0.6 is 31.9 Å². The van der Waals surface area contributed by atoms with Crippen LogP contribution in [0.25, 0.3) is 17.1 Å². The maximum absolute atomic E-state index is 12.6. The van der Waals surface area contributed by atoms with E-state index in [2.05, 4.69) is 52.5 Å². The molecule has 1 heterocycles. The van der Waals surface area contributed by atoms with E-state index in [0.29, 0.717) is 15.9 Å². The van der Waals surface area contributed by atoms with E-state index in [-0.39, 0.29) is 11.6 Å². The van der Waals surface area contributed by atoms with Gasteiger partial charge in [-0.1, -0.05) is 64.5 Å². The monoisotopic (exact) mass is 539 g/mol. The van der Waals surface area contributed by atoms with Crippen molar-refractivity contribution in [1.29, 1.82) is 0 Å². The minimum Gasteiger partial charge on any atom is -0.506 e. The Kier molecular flexibility index (Phi) is 6.24. The summed E-state index contributed by atoms with van der Waals surface area (Å²) in [7, 11) is 0. The van der Waals surface area contributed by atoms with Crippen molar-refractivity contribution >= 4 is 44.0 Å². The molecule has 4 rings (SSSR count). The van der Waals surface area contributed by atoms with E-state index in [1.165, 1.54) is 6.21 Å². The van der Waals surface area contributed by atoms with Crippen LogP contribution in [-0.2, 0) is 0 Å². The van der Waals surface area contributed by atoms with Crippen molar-refractivity contribution in [3.63, 3.8) is 0 Å². The second-order valence-electron chi connectivity index (χ2n) is 6.40. The van der Waals surface area contributed by atoms with Crippen LogP contribution in [0.5, 0.6) is 5.75 Å². The number of nitrogens with one attached hydrogen (secondary N) is 1. The van der Waals surface area contributed by atoms with E-state index in [1.807, 2.05) is 60.7 Å².